The summed E-state index contributed by atoms with van der Waals surface area (Å²) in [4.78, 5) is 6.58. The molecule has 0 amide bonds. The van der Waals surface area contributed by atoms with Crippen LogP contribution in [0.2, 0.25) is 0 Å². The SMILES string of the molecule is CCC(C)(C)N(C)Cc1ncccc1N. The van der Waals surface area contributed by atoms with E-state index >= 15 is 0 Å². The van der Waals surface area contributed by atoms with Crippen LogP contribution in [0.5, 0.6) is 0 Å². The van der Waals surface area contributed by atoms with Crippen LogP contribution in [-0.4, -0.2) is 22.5 Å². The van der Waals surface area contributed by atoms with Gasteiger partial charge in [-0.3, -0.25) is 9.88 Å². The van der Waals surface area contributed by atoms with E-state index in [1.165, 1.54) is 0 Å². The third kappa shape index (κ3) is 2.93. The topological polar surface area (TPSA) is 42.2 Å². The molecule has 0 bridgehead atoms. The average Bonchev–Trinajstić information content (AvgIpc) is 2.21. The molecule has 0 atom stereocenters. The summed E-state index contributed by atoms with van der Waals surface area (Å²) in [5.41, 5.74) is 7.78. The first-order valence-electron chi connectivity index (χ1n) is 5.38. The lowest BCUT2D eigenvalue weighted by atomic mass is 10.00. The van der Waals surface area contributed by atoms with E-state index in [1.54, 1.807) is 6.20 Å². The molecule has 1 aromatic heterocycles. The van der Waals surface area contributed by atoms with Crippen molar-refractivity contribution >= 4 is 5.69 Å². The van der Waals surface area contributed by atoms with E-state index in [2.05, 4.69) is 37.7 Å². The third-order valence-electron chi connectivity index (χ3n) is 3.21. The van der Waals surface area contributed by atoms with Crippen LogP contribution in [-0.2, 0) is 6.54 Å². The van der Waals surface area contributed by atoms with Crippen LogP contribution in [0, 0.1) is 0 Å². The number of anilines is 1. The van der Waals surface area contributed by atoms with Gasteiger partial charge in [-0.2, -0.15) is 0 Å². The number of nitrogens with zero attached hydrogens (tertiary/aromatic N) is 2. The third-order valence-corrected chi connectivity index (χ3v) is 3.21. The first-order chi connectivity index (χ1) is 6.97. The molecular formula is C12H21N3. The Morgan fingerprint density at radius 1 is 1.47 bits per heavy atom. The minimum absolute atomic E-state index is 0.184. The second kappa shape index (κ2) is 4.62. The van der Waals surface area contributed by atoms with Crippen LogP contribution >= 0.6 is 0 Å². The molecule has 0 spiro atoms. The minimum Gasteiger partial charge on any atom is -0.397 e. The normalized spacial score (nSPS) is 12.1. The number of nitrogen functional groups attached to an aromatic ring is 1. The maximum Gasteiger partial charge on any atom is 0.0772 e. The molecule has 0 aromatic carbocycles. The van der Waals surface area contributed by atoms with Crippen LogP contribution in [0.1, 0.15) is 32.9 Å². The van der Waals surface area contributed by atoms with Crippen molar-refractivity contribution in [2.45, 2.75) is 39.3 Å². The van der Waals surface area contributed by atoms with Crippen LogP contribution < -0.4 is 5.73 Å². The Morgan fingerprint density at radius 2 is 2.13 bits per heavy atom. The largest absolute Gasteiger partial charge is 0.397 e. The summed E-state index contributed by atoms with van der Waals surface area (Å²) in [6.45, 7) is 7.45. The van der Waals surface area contributed by atoms with E-state index in [1.807, 2.05) is 12.1 Å². The monoisotopic (exact) mass is 207 g/mol. The first kappa shape index (κ1) is 12.0. The fourth-order valence-electron chi connectivity index (χ4n) is 1.29. The number of hydrogen-bond donors (Lipinski definition) is 1. The zero-order valence-corrected chi connectivity index (χ0v) is 10.1. The Morgan fingerprint density at radius 3 is 2.67 bits per heavy atom. The first-order valence-corrected chi connectivity index (χ1v) is 5.38. The summed E-state index contributed by atoms with van der Waals surface area (Å²) in [6, 6.07) is 3.76. The lowest BCUT2D eigenvalue weighted by Crippen LogP contribution is -2.40. The average molecular weight is 207 g/mol. The lowest BCUT2D eigenvalue weighted by molar-refractivity contribution is 0.141. The summed E-state index contributed by atoms with van der Waals surface area (Å²) in [5, 5.41) is 0. The van der Waals surface area contributed by atoms with E-state index in [0.717, 1.165) is 24.3 Å². The Labute approximate surface area is 92.3 Å². The number of hydrogen-bond acceptors (Lipinski definition) is 3. The van der Waals surface area contributed by atoms with Crippen LogP contribution in [0.15, 0.2) is 18.3 Å². The van der Waals surface area contributed by atoms with Gasteiger partial charge in [-0.05, 0) is 39.4 Å². The van der Waals surface area contributed by atoms with Crippen molar-refractivity contribution in [3.05, 3.63) is 24.0 Å². The van der Waals surface area contributed by atoms with Gasteiger partial charge >= 0.3 is 0 Å². The number of nitrogens with two attached hydrogens (primary N) is 1. The van der Waals surface area contributed by atoms with Crippen molar-refractivity contribution in [3.63, 3.8) is 0 Å². The van der Waals surface area contributed by atoms with E-state index < -0.39 is 0 Å². The van der Waals surface area contributed by atoms with Crippen molar-refractivity contribution in [2.24, 2.45) is 0 Å². The fourth-order valence-corrected chi connectivity index (χ4v) is 1.29. The summed E-state index contributed by atoms with van der Waals surface area (Å²) < 4.78 is 0. The lowest BCUT2D eigenvalue weighted by Gasteiger charge is -2.34. The smallest absolute Gasteiger partial charge is 0.0772 e. The van der Waals surface area contributed by atoms with Crippen molar-refractivity contribution < 1.29 is 0 Å². The van der Waals surface area contributed by atoms with Crippen molar-refractivity contribution in [1.82, 2.24) is 9.88 Å². The Hall–Kier alpha value is -1.09. The molecule has 0 aliphatic heterocycles. The molecule has 3 heteroatoms. The second-order valence-corrected chi connectivity index (χ2v) is 4.56. The molecule has 0 aliphatic rings. The summed E-state index contributed by atoms with van der Waals surface area (Å²) in [6.07, 6.45) is 2.90. The molecule has 0 radical (unpaired) electrons. The quantitative estimate of drug-likeness (QED) is 0.823. The van der Waals surface area contributed by atoms with E-state index in [-0.39, 0.29) is 5.54 Å². The van der Waals surface area contributed by atoms with Crippen molar-refractivity contribution in [1.29, 1.82) is 0 Å². The molecule has 0 saturated heterocycles. The van der Waals surface area contributed by atoms with Gasteiger partial charge in [0.05, 0.1) is 11.4 Å². The predicted octanol–water partition coefficient (Wildman–Crippen LogP) is 2.28. The number of pyridine rings is 1. The van der Waals surface area contributed by atoms with Gasteiger partial charge in [0.1, 0.15) is 0 Å². The minimum atomic E-state index is 0.184. The van der Waals surface area contributed by atoms with Crippen LogP contribution in [0.25, 0.3) is 0 Å². The zero-order valence-electron chi connectivity index (χ0n) is 10.1. The van der Waals surface area contributed by atoms with Crippen LogP contribution in [0.3, 0.4) is 0 Å². The highest BCUT2D eigenvalue weighted by Gasteiger charge is 2.21. The van der Waals surface area contributed by atoms with Gasteiger partial charge in [-0.1, -0.05) is 6.92 Å². The van der Waals surface area contributed by atoms with Crippen LogP contribution in [0.4, 0.5) is 5.69 Å². The molecule has 3 nitrogen and oxygen atoms in total. The van der Waals surface area contributed by atoms with Gasteiger partial charge in [-0.15, -0.1) is 0 Å². The molecule has 1 rings (SSSR count). The molecule has 1 heterocycles. The zero-order chi connectivity index (χ0) is 11.5. The van der Waals surface area contributed by atoms with Gasteiger partial charge in [0.25, 0.3) is 0 Å². The van der Waals surface area contributed by atoms with Gasteiger partial charge in [-0.25, -0.2) is 0 Å². The molecule has 0 unspecified atom stereocenters. The summed E-state index contributed by atoms with van der Waals surface area (Å²) in [7, 11) is 2.11. The van der Waals surface area contributed by atoms with Gasteiger partial charge in [0.2, 0.25) is 0 Å². The summed E-state index contributed by atoms with van der Waals surface area (Å²) >= 11 is 0. The maximum atomic E-state index is 5.86. The highest BCUT2D eigenvalue weighted by molar-refractivity contribution is 5.41. The molecule has 0 fully saturated rings. The Bertz CT molecular complexity index is 320. The van der Waals surface area contributed by atoms with E-state index in [0.29, 0.717) is 0 Å². The van der Waals surface area contributed by atoms with Crippen molar-refractivity contribution in [3.8, 4) is 0 Å². The molecule has 84 valence electrons. The molecule has 1 aromatic rings. The number of aromatic nitrogens is 1. The molecule has 0 saturated carbocycles. The van der Waals surface area contributed by atoms with Crippen molar-refractivity contribution in [2.75, 3.05) is 12.8 Å². The predicted molar refractivity (Wildman–Crippen MR) is 64.5 cm³/mol. The van der Waals surface area contributed by atoms with E-state index in [4.69, 9.17) is 5.73 Å². The fraction of sp³-hybridized carbons (Fsp3) is 0.583. The highest BCUT2D eigenvalue weighted by atomic mass is 15.2. The highest BCUT2D eigenvalue weighted by Crippen LogP contribution is 2.20. The molecule has 0 aliphatic carbocycles. The molecule has 2 N–H and O–H groups in total. The Balaban J connectivity index is 2.75. The Kier molecular flexibility index (Phi) is 3.69. The molecule has 15 heavy (non-hydrogen) atoms. The maximum absolute atomic E-state index is 5.86. The van der Waals surface area contributed by atoms with Gasteiger partial charge < -0.3 is 5.73 Å². The standard InChI is InChI=1S/C12H21N3/c1-5-12(2,3)15(4)9-11-10(13)7-6-8-14-11/h6-8H,5,9,13H2,1-4H3. The summed E-state index contributed by atoms with van der Waals surface area (Å²) in [5.74, 6) is 0. The second-order valence-electron chi connectivity index (χ2n) is 4.56. The molecular weight excluding hydrogens is 186 g/mol. The number of rotatable bonds is 4. The van der Waals surface area contributed by atoms with Gasteiger partial charge in [0.15, 0.2) is 0 Å². The van der Waals surface area contributed by atoms with Gasteiger partial charge in [0, 0.05) is 18.3 Å². The van der Waals surface area contributed by atoms with E-state index in [9.17, 15) is 0 Å².